The molecule has 0 aliphatic carbocycles. The molecule has 0 atom stereocenters. The average Bonchev–Trinajstić information content (AvgIpc) is 2.94. The van der Waals surface area contributed by atoms with Crippen LogP contribution in [0.3, 0.4) is 0 Å². The summed E-state index contributed by atoms with van der Waals surface area (Å²) in [6.45, 7) is 0.0660. The molecule has 29 heavy (non-hydrogen) atoms. The molecule has 0 spiro atoms. The number of amides is 3. The molecule has 0 radical (unpaired) electrons. The Bertz CT molecular complexity index is 975. The number of thioether (sulfide) groups is 1. The molecule has 0 unspecified atom stereocenters. The van der Waals surface area contributed by atoms with Gasteiger partial charge in [0.15, 0.2) is 0 Å². The van der Waals surface area contributed by atoms with Crippen molar-refractivity contribution in [3.05, 3.63) is 74.4 Å². The molecule has 1 saturated heterocycles. The Morgan fingerprint density at radius 1 is 1.14 bits per heavy atom. The Morgan fingerprint density at radius 3 is 2.55 bits per heavy atom. The Kier molecular flexibility index (Phi) is 6.95. The highest BCUT2D eigenvalue weighted by Gasteiger charge is 2.34. The van der Waals surface area contributed by atoms with Crippen LogP contribution >= 0.6 is 35.0 Å². The molecule has 3 rings (SSSR count). The molecule has 0 aromatic heterocycles. The second kappa shape index (κ2) is 9.43. The van der Waals surface area contributed by atoms with Gasteiger partial charge in [-0.2, -0.15) is 0 Å². The van der Waals surface area contributed by atoms with Gasteiger partial charge in [0.1, 0.15) is 5.82 Å². The first-order valence-electron chi connectivity index (χ1n) is 8.55. The lowest BCUT2D eigenvalue weighted by Gasteiger charge is -2.13. The maximum Gasteiger partial charge on any atom is 0.293 e. The fourth-order valence-electron chi connectivity index (χ4n) is 2.63. The van der Waals surface area contributed by atoms with Crippen molar-refractivity contribution >= 4 is 58.1 Å². The van der Waals surface area contributed by atoms with E-state index >= 15 is 0 Å². The number of nitrogens with one attached hydrogen (secondary N) is 1. The quantitative estimate of drug-likeness (QED) is 0.653. The summed E-state index contributed by atoms with van der Waals surface area (Å²) >= 11 is 12.6. The second-order valence-electron chi connectivity index (χ2n) is 6.11. The third-order valence-electron chi connectivity index (χ3n) is 4.10. The molecule has 1 heterocycles. The highest BCUT2D eigenvalue weighted by Crippen LogP contribution is 2.32. The van der Waals surface area contributed by atoms with E-state index in [1.165, 1.54) is 18.2 Å². The first-order valence-corrected chi connectivity index (χ1v) is 10.1. The van der Waals surface area contributed by atoms with E-state index in [0.29, 0.717) is 9.93 Å². The van der Waals surface area contributed by atoms with E-state index in [2.05, 4.69) is 5.32 Å². The van der Waals surface area contributed by atoms with Crippen molar-refractivity contribution in [3.63, 3.8) is 0 Å². The average molecular weight is 453 g/mol. The van der Waals surface area contributed by atoms with Crippen molar-refractivity contribution in [2.75, 3.05) is 13.1 Å². The SMILES string of the molecule is O=C(Cc1c(F)cccc1Cl)NCCN1C(=O)SC(=Cc2ccc(Cl)cc2)C1=O. The largest absolute Gasteiger partial charge is 0.354 e. The minimum atomic E-state index is -0.564. The number of hydrogen-bond donors (Lipinski definition) is 1. The van der Waals surface area contributed by atoms with Crippen LogP contribution in [0.4, 0.5) is 9.18 Å². The number of hydrogen-bond acceptors (Lipinski definition) is 4. The lowest BCUT2D eigenvalue weighted by atomic mass is 10.1. The first kappa shape index (κ1) is 21.4. The van der Waals surface area contributed by atoms with E-state index in [4.69, 9.17) is 23.2 Å². The number of nitrogens with zero attached hydrogens (tertiary/aromatic N) is 1. The van der Waals surface area contributed by atoms with Crippen LogP contribution in [0.25, 0.3) is 6.08 Å². The first-order chi connectivity index (χ1) is 13.8. The van der Waals surface area contributed by atoms with Crippen molar-refractivity contribution in [3.8, 4) is 0 Å². The van der Waals surface area contributed by atoms with Crippen LogP contribution in [0, 0.1) is 5.82 Å². The van der Waals surface area contributed by atoms with E-state index in [9.17, 15) is 18.8 Å². The Hall–Kier alpha value is -2.35. The Labute approximate surface area is 180 Å². The molecule has 2 aromatic carbocycles. The molecular weight excluding hydrogens is 438 g/mol. The van der Waals surface area contributed by atoms with Crippen molar-refractivity contribution in [1.29, 1.82) is 0 Å². The molecule has 3 amide bonds. The van der Waals surface area contributed by atoms with E-state index < -0.39 is 22.9 Å². The monoisotopic (exact) mass is 452 g/mol. The molecule has 9 heteroatoms. The van der Waals surface area contributed by atoms with Gasteiger partial charge in [0.2, 0.25) is 5.91 Å². The number of imide groups is 1. The van der Waals surface area contributed by atoms with E-state index in [0.717, 1.165) is 22.2 Å². The number of rotatable bonds is 6. The topological polar surface area (TPSA) is 66.5 Å². The van der Waals surface area contributed by atoms with Crippen LogP contribution in [0.2, 0.25) is 10.0 Å². The predicted molar refractivity (Wildman–Crippen MR) is 112 cm³/mol. The predicted octanol–water partition coefficient (Wildman–Crippen LogP) is 4.53. The highest BCUT2D eigenvalue weighted by atomic mass is 35.5. The second-order valence-corrected chi connectivity index (χ2v) is 7.95. The van der Waals surface area contributed by atoms with Gasteiger partial charge in [-0.25, -0.2) is 4.39 Å². The molecule has 1 aliphatic rings. The van der Waals surface area contributed by atoms with Crippen LogP contribution in [-0.2, 0) is 16.0 Å². The van der Waals surface area contributed by atoms with Crippen LogP contribution in [-0.4, -0.2) is 35.0 Å². The van der Waals surface area contributed by atoms with Gasteiger partial charge in [-0.05, 0) is 47.7 Å². The summed E-state index contributed by atoms with van der Waals surface area (Å²) in [5.74, 6) is -1.45. The minimum absolute atomic E-state index is 0.0133. The third-order valence-corrected chi connectivity index (χ3v) is 5.61. The molecule has 150 valence electrons. The third kappa shape index (κ3) is 5.38. The molecule has 0 bridgehead atoms. The van der Waals surface area contributed by atoms with Gasteiger partial charge in [0, 0.05) is 28.7 Å². The van der Waals surface area contributed by atoms with Crippen LogP contribution in [0.5, 0.6) is 0 Å². The van der Waals surface area contributed by atoms with E-state index in [-0.39, 0.29) is 30.1 Å². The van der Waals surface area contributed by atoms with Gasteiger partial charge in [-0.3, -0.25) is 19.3 Å². The normalized spacial score (nSPS) is 15.3. The molecule has 2 aromatic rings. The number of carbonyl (C=O) groups excluding carboxylic acids is 3. The lowest BCUT2D eigenvalue weighted by Crippen LogP contribution is -2.37. The smallest absolute Gasteiger partial charge is 0.293 e. The van der Waals surface area contributed by atoms with Gasteiger partial charge in [-0.1, -0.05) is 41.4 Å². The maximum absolute atomic E-state index is 13.7. The molecule has 5 nitrogen and oxygen atoms in total. The van der Waals surface area contributed by atoms with E-state index in [1.807, 2.05) is 0 Å². The summed E-state index contributed by atoms with van der Waals surface area (Å²) in [7, 11) is 0. The minimum Gasteiger partial charge on any atom is -0.354 e. The number of carbonyl (C=O) groups is 3. The summed E-state index contributed by atoms with van der Waals surface area (Å²) in [4.78, 5) is 38.0. The van der Waals surface area contributed by atoms with Gasteiger partial charge in [-0.15, -0.1) is 0 Å². The summed E-state index contributed by atoms with van der Waals surface area (Å²) in [5, 5.41) is 2.89. The number of benzene rings is 2. The summed E-state index contributed by atoms with van der Waals surface area (Å²) in [6, 6.07) is 11.0. The van der Waals surface area contributed by atoms with Crippen molar-refractivity contribution in [1.82, 2.24) is 10.2 Å². The lowest BCUT2D eigenvalue weighted by molar-refractivity contribution is -0.124. The van der Waals surface area contributed by atoms with Gasteiger partial charge < -0.3 is 5.32 Å². The van der Waals surface area contributed by atoms with Crippen LogP contribution < -0.4 is 5.32 Å². The zero-order valence-electron chi connectivity index (χ0n) is 15.0. The molecule has 1 N–H and O–H groups in total. The Balaban J connectivity index is 1.55. The molecule has 0 saturated carbocycles. The fourth-order valence-corrected chi connectivity index (χ4v) is 3.86. The van der Waals surface area contributed by atoms with Crippen LogP contribution in [0.15, 0.2) is 47.4 Å². The summed E-state index contributed by atoms with van der Waals surface area (Å²) < 4.78 is 13.7. The van der Waals surface area contributed by atoms with Crippen molar-refractivity contribution < 1.29 is 18.8 Å². The van der Waals surface area contributed by atoms with Gasteiger partial charge >= 0.3 is 0 Å². The molecule has 1 fully saturated rings. The Morgan fingerprint density at radius 2 is 1.86 bits per heavy atom. The zero-order chi connectivity index (χ0) is 21.0. The highest BCUT2D eigenvalue weighted by molar-refractivity contribution is 8.18. The van der Waals surface area contributed by atoms with E-state index in [1.54, 1.807) is 30.3 Å². The summed E-state index contributed by atoms with van der Waals surface area (Å²) in [5.41, 5.74) is 0.846. The van der Waals surface area contributed by atoms with Gasteiger partial charge in [0.05, 0.1) is 11.3 Å². The molecule has 1 aliphatic heterocycles. The van der Waals surface area contributed by atoms with Crippen molar-refractivity contribution in [2.24, 2.45) is 0 Å². The molecular formula is C20H15Cl2FN2O3S. The summed E-state index contributed by atoms with van der Waals surface area (Å²) in [6.07, 6.45) is 1.38. The van der Waals surface area contributed by atoms with Crippen molar-refractivity contribution in [2.45, 2.75) is 6.42 Å². The maximum atomic E-state index is 13.7. The fraction of sp³-hybridized carbons (Fsp3) is 0.150. The standard InChI is InChI=1S/C20H15Cl2FN2O3S/c21-13-6-4-12(5-7-13)10-17-19(27)25(20(28)29-17)9-8-24-18(26)11-14-15(22)2-1-3-16(14)23/h1-7,10H,8-9,11H2,(H,24,26). The van der Waals surface area contributed by atoms with Crippen LogP contribution in [0.1, 0.15) is 11.1 Å². The zero-order valence-corrected chi connectivity index (χ0v) is 17.3. The number of halogens is 3. The van der Waals surface area contributed by atoms with Gasteiger partial charge in [0.25, 0.3) is 11.1 Å².